The molecular weight excluding hydrogens is 507 g/mol. The van der Waals surface area contributed by atoms with Crippen molar-refractivity contribution in [3.05, 3.63) is 18.2 Å². The van der Waals surface area contributed by atoms with Crippen LogP contribution in [0.4, 0.5) is 5.69 Å². The zero-order valence-corrected chi connectivity index (χ0v) is 21.7. The number of rotatable bonds is 10. The van der Waals surface area contributed by atoms with E-state index < -0.39 is 0 Å². The lowest BCUT2D eigenvalue weighted by atomic mass is 10.0. The van der Waals surface area contributed by atoms with Gasteiger partial charge in [-0.25, -0.2) is 0 Å². The quantitative estimate of drug-likeness (QED) is 0.202. The SMILES string of the molecule is CCOCCC1(CNC(=NC)NC2CCN(c3cc(OC)cc(OC)c3)CC2)CC1.I. The number of ether oxygens (including phenoxy) is 3. The molecule has 0 amide bonds. The zero-order chi connectivity index (χ0) is 21.4. The Morgan fingerprint density at radius 2 is 1.77 bits per heavy atom. The Kier molecular flexibility index (Phi) is 10.5. The minimum absolute atomic E-state index is 0. The fourth-order valence-electron chi connectivity index (χ4n) is 4.04. The number of piperidine rings is 1. The summed E-state index contributed by atoms with van der Waals surface area (Å²) in [5, 5.41) is 7.18. The first-order valence-corrected chi connectivity index (χ1v) is 11.1. The Bertz CT molecular complexity index is 682. The number of methoxy groups -OCH3 is 2. The molecule has 176 valence electrons. The number of nitrogens with one attached hydrogen (secondary N) is 2. The van der Waals surface area contributed by atoms with Crippen LogP contribution in [0.3, 0.4) is 0 Å². The molecule has 2 fully saturated rings. The summed E-state index contributed by atoms with van der Waals surface area (Å²) in [6, 6.07) is 6.50. The normalized spacial score (nSPS) is 18.2. The molecule has 0 spiro atoms. The predicted molar refractivity (Wildman–Crippen MR) is 137 cm³/mol. The van der Waals surface area contributed by atoms with E-state index in [-0.39, 0.29) is 24.0 Å². The molecule has 3 rings (SSSR count). The summed E-state index contributed by atoms with van der Waals surface area (Å²) < 4.78 is 16.4. The maximum atomic E-state index is 5.55. The molecule has 2 aliphatic rings. The van der Waals surface area contributed by atoms with E-state index in [1.807, 2.05) is 13.1 Å². The van der Waals surface area contributed by atoms with E-state index in [4.69, 9.17) is 14.2 Å². The van der Waals surface area contributed by atoms with Gasteiger partial charge >= 0.3 is 0 Å². The number of hydrogen-bond donors (Lipinski definition) is 2. The summed E-state index contributed by atoms with van der Waals surface area (Å²) in [6.45, 7) is 6.67. The van der Waals surface area contributed by atoms with Crippen LogP contribution >= 0.6 is 24.0 Å². The predicted octanol–water partition coefficient (Wildman–Crippen LogP) is 3.66. The molecule has 1 saturated heterocycles. The van der Waals surface area contributed by atoms with Crippen LogP contribution in [-0.4, -0.2) is 66.1 Å². The van der Waals surface area contributed by atoms with Crippen LogP contribution in [0.25, 0.3) is 0 Å². The maximum Gasteiger partial charge on any atom is 0.191 e. The highest BCUT2D eigenvalue weighted by atomic mass is 127. The highest BCUT2D eigenvalue weighted by Gasteiger charge is 2.42. The number of nitrogens with zero attached hydrogens (tertiary/aromatic N) is 2. The van der Waals surface area contributed by atoms with E-state index in [9.17, 15) is 0 Å². The lowest BCUT2D eigenvalue weighted by Gasteiger charge is -2.35. The molecule has 1 aliphatic heterocycles. The summed E-state index contributed by atoms with van der Waals surface area (Å²) in [5.41, 5.74) is 1.55. The van der Waals surface area contributed by atoms with Gasteiger partial charge in [0.2, 0.25) is 0 Å². The number of guanidine groups is 1. The number of benzene rings is 1. The molecule has 1 aromatic rings. The minimum Gasteiger partial charge on any atom is -0.497 e. The van der Waals surface area contributed by atoms with Crippen LogP contribution < -0.4 is 25.0 Å². The monoisotopic (exact) mass is 546 g/mol. The van der Waals surface area contributed by atoms with Crippen molar-refractivity contribution in [1.29, 1.82) is 0 Å². The van der Waals surface area contributed by atoms with Gasteiger partial charge in [-0.05, 0) is 44.4 Å². The molecule has 0 bridgehead atoms. The van der Waals surface area contributed by atoms with Crippen LogP contribution in [0, 0.1) is 5.41 Å². The first kappa shape index (κ1) is 25.8. The van der Waals surface area contributed by atoms with Gasteiger partial charge in [0.1, 0.15) is 11.5 Å². The fourth-order valence-corrected chi connectivity index (χ4v) is 4.04. The number of aliphatic imine (C=N–C) groups is 1. The molecule has 1 heterocycles. The molecule has 0 atom stereocenters. The van der Waals surface area contributed by atoms with Crippen molar-refractivity contribution in [3.8, 4) is 11.5 Å². The van der Waals surface area contributed by atoms with Crippen LogP contribution in [0.2, 0.25) is 0 Å². The highest BCUT2D eigenvalue weighted by molar-refractivity contribution is 14.0. The van der Waals surface area contributed by atoms with Gasteiger partial charge < -0.3 is 29.7 Å². The molecule has 0 aromatic heterocycles. The van der Waals surface area contributed by atoms with Crippen molar-refractivity contribution in [1.82, 2.24) is 10.6 Å². The second-order valence-electron chi connectivity index (χ2n) is 8.35. The summed E-state index contributed by atoms with van der Waals surface area (Å²) in [4.78, 5) is 6.84. The summed E-state index contributed by atoms with van der Waals surface area (Å²) in [6.07, 6.45) is 5.83. The van der Waals surface area contributed by atoms with Crippen molar-refractivity contribution in [2.75, 3.05) is 59.0 Å². The Morgan fingerprint density at radius 3 is 2.29 bits per heavy atom. The lowest BCUT2D eigenvalue weighted by Crippen LogP contribution is -2.49. The summed E-state index contributed by atoms with van der Waals surface area (Å²) >= 11 is 0. The van der Waals surface area contributed by atoms with Crippen LogP contribution in [0.15, 0.2) is 23.2 Å². The van der Waals surface area contributed by atoms with Crippen LogP contribution in [0.1, 0.15) is 39.0 Å². The van der Waals surface area contributed by atoms with Gasteiger partial charge in [-0.1, -0.05) is 0 Å². The lowest BCUT2D eigenvalue weighted by molar-refractivity contribution is 0.128. The largest absolute Gasteiger partial charge is 0.497 e. The Labute approximate surface area is 204 Å². The first-order chi connectivity index (χ1) is 14.6. The summed E-state index contributed by atoms with van der Waals surface area (Å²) in [5.74, 6) is 2.57. The van der Waals surface area contributed by atoms with Gasteiger partial charge in [0, 0.05) is 69.8 Å². The molecule has 8 heteroatoms. The summed E-state index contributed by atoms with van der Waals surface area (Å²) in [7, 11) is 5.23. The topological polar surface area (TPSA) is 67.4 Å². The molecule has 31 heavy (non-hydrogen) atoms. The molecule has 0 radical (unpaired) electrons. The van der Waals surface area contributed by atoms with Crippen molar-refractivity contribution >= 4 is 35.6 Å². The Morgan fingerprint density at radius 1 is 1.13 bits per heavy atom. The van der Waals surface area contributed by atoms with Crippen molar-refractivity contribution in [2.24, 2.45) is 10.4 Å². The second-order valence-corrected chi connectivity index (χ2v) is 8.35. The molecule has 1 saturated carbocycles. The zero-order valence-electron chi connectivity index (χ0n) is 19.4. The number of hydrogen-bond acceptors (Lipinski definition) is 5. The van der Waals surface area contributed by atoms with E-state index in [0.29, 0.717) is 11.5 Å². The number of halogens is 1. The van der Waals surface area contributed by atoms with Gasteiger partial charge in [0.05, 0.1) is 14.2 Å². The van der Waals surface area contributed by atoms with Crippen molar-refractivity contribution < 1.29 is 14.2 Å². The van der Waals surface area contributed by atoms with Gasteiger partial charge in [0.25, 0.3) is 0 Å². The second kappa shape index (κ2) is 12.6. The smallest absolute Gasteiger partial charge is 0.191 e. The van der Waals surface area contributed by atoms with Gasteiger partial charge in [-0.2, -0.15) is 0 Å². The standard InChI is InChI=1S/C23H38N4O3.HI/c1-5-30-13-10-23(8-9-23)17-25-22(24-2)26-18-6-11-27(12-7-18)19-14-20(28-3)16-21(15-19)29-4;/h14-16,18H,5-13,17H2,1-4H3,(H2,24,25,26);1H. The fraction of sp³-hybridized carbons (Fsp3) is 0.696. The Hall–Kier alpha value is -1.42. The average molecular weight is 546 g/mol. The van der Waals surface area contributed by atoms with E-state index in [2.05, 4.69) is 39.6 Å². The molecule has 1 aromatic carbocycles. The van der Waals surface area contributed by atoms with Crippen molar-refractivity contribution in [2.45, 2.75) is 45.1 Å². The van der Waals surface area contributed by atoms with Gasteiger partial charge in [-0.15, -0.1) is 24.0 Å². The third-order valence-electron chi connectivity index (χ3n) is 6.33. The van der Waals surface area contributed by atoms with Crippen molar-refractivity contribution in [3.63, 3.8) is 0 Å². The molecule has 1 aliphatic carbocycles. The van der Waals surface area contributed by atoms with E-state index in [1.165, 1.54) is 12.8 Å². The maximum absolute atomic E-state index is 5.55. The average Bonchev–Trinajstić information content (AvgIpc) is 3.56. The van der Waals surface area contributed by atoms with Gasteiger partial charge in [0.15, 0.2) is 5.96 Å². The van der Waals surface area contributed by atoms with Crippen LogP contribution in [0.5, 0.6) is 11.5 Å². The third kappa shape index (κ3) is 7.59. The third-order valence-corrected chi connectivity index (χ3v) is 6.33. The Balaban J connectivity index is 0.00000341. The van der Waals surface area contributed by atoms with Gasteiger partial charge in [-0.3, -0.25) is 4.99 Å². The molecule has 0 unspecified atom stereocenters. The molecule has 2 N–H and O–H groups in total. The molecule has 7 nitrogen and oxygen atoms in total. The highest BCUT2D eigenvalue weighted by Crippen LogP contribution is 2.48. The van der Waals surface area contributed by atoms with E-state index >= 15 is 0 Å². The van der Waals surface area contributed by atoms with E-state index in [1.54, 1.807) is 14.2 Å². The minimum atomic E-state index is 0. The molecular formula is C23H39IN4O3. The van der Waals surface area contributed by atoms with Crippen LogP contribution in [-0.2, 0) is 4.74 Å². The first-order valence-electron chi connectivity index (χ1n) is 11.1. The van der Waals surface area contributed by atoms with E-state index in [0.717, 1.165) is 75.3 Å². The number of anilines is 1.